The molecule has 0 aromatic heterocycles. The first kappa shape index (κ1) is 10.3. The monoisotopic (exact) mass is 196 g/mol. The summed E-state index contributed by atoms with van der Waals surface area (Å²) in [6.45, 7) is 5.55. The van der Waals surface area contributed by atoms with Crippen LogP contribution >= 0.6 is 11.6 Å². The standard InChI is InChI=1S/C11H13ClO/c1-7-4-5-11(12)9(3)10(7)6-8(2)13/h4-5H,6H2,1-3H3. The Balaban J connectivity index is 3.17. The Kier molecular flexibility index (Phi) is 3.10. The molecule has 0 aliphatic carbocycles. The number of benzene rings is 1. The molecule has 70 valence electrons. The van der Waals surface area contributed by atoms with Gasteiger partial charge in [-0.3, -0.25) is 4.79 Å². The van der Waals surface area contributed by atoms with E-state index >= 15 is 0 Å². The van der Waals surface area contributed by atoms with E-state index in [9.17, 15) is 4.79 Å². The molecule has 0 amide bonds. The third kappa shape index (κ3) is 2.31. The maximum atomic E-state index is 11.0. The summed E-state index contributed by atoms with van der Waals surface area (Å²) in [6.07, 6.45) is 0.484. The highest BCUT2D eigenvalue weighted by atomic mass is 35.5. The van der Waals surface area contributed by atoms with Crippen molar-refractivity contribution in [3.8, 4) is 0 Å². The van der Waals surface area contributed by atoms with Crippen LogP contribution in [0.3, 0.4) is 0 Å². The van der Waals surface area contributed by atoms with Gasteiger partial charge in [-0.1, -0.05) is 17.7 Å². The molecule has 2 heteroatoms. The largest absolute Gasteiger partial charge is 0.300 e. The molecular formula is C11H13ClO. The normalized spacial score (nSPS) is 10.2. The van der Waals surface area contributed by atoms with Crippen LogP contribution in [0.25, 0.3) is 0 Å². The first-order valence-electron chi connectivity index (χ1n) is 4.26. The van der Waals surface area contributed by atoms with E-state index in [1.54, 1.807) is 6.92 Å². The van der Waals surface area contributed by atoms with Crippen LogP contribution in [-0.2, 0) is 11.2 Å². The van der Waals surface area contributed by atoms with Gasteiger partial charge < -0.3 is 0 Å². The zero-order valence-electron chi connectivity index (χ0n) is 8.15. The number of aryl methyl sites for hydroxylation is 1. The van der Waals surface area contributed by atoms with E-state index in [-0.39, 0.29) is 5.78 Å². The predicted molar refractivity (Wildman–Crippen MR) is 55.3 cm³/mol. The van der Waals surface area contributed by atoms with Gasteiger partial charge in [-0.2, -0.15) is 0 Å². The van der Waals surface area contributed by atoms with Gasteiger partial charge in [0.05, 0.1) is 0 Å². The second-order valence-corrected chi connectivity index (χ2v) is 3.75. The molecule has 1 nitrogen and oxygen atoms in total. The van der Waals surface area contributed by atoms with Crippen molar-refractivity contribution in [2.45, 2.75) is 27.2 Å². The van der Waals surface area contributed by atoms with Crippen molar-refractivity contribution in [2.75, 3.05) is 0 Å². The molecule has 0 radical (unpaired) electrons. The van der Waals surface area contributed by atoms with Crippen LogP contribution in [0.5, 0.6) is 0 Å². The second-order valence-electron chi connectivity index (χ2n) is 3.35. The third-order valence-corrected chi connectivity index (χ3v) is 2.60. The molecule has 13 heavy (non-hydrogen) atoms. The van der Waals surface area contributed by atoms with Crippen LogP contribution in [0, 0.1) is 13.8 Å². The maximum Gasteiger partial charge on any atom is 0.134 e. The highest BCUT2D eigenvalue weighted by Crippen LogP contribution is 2.22. The molecule has 1 rings (SSSR count). The minimum absolute atomic E-state index is 0.175. The topological polar surface area (TPSA) is 17.1 Å². The molecule has 0 N–H and O–H groups in total. The molecule has 0 heterocycles. The third-order valence-electron chi connectivity index (χ3n) is 2.19. The van der Waals surface area contributed by atoms with Crippen LogP contribution in [0.15, 0.2) is 12.1 Å². The van der Waals surface area contributed by atoms with Crippen molar-refractivity contribution < 1.29 is 4.79 Å². The Morgan fingerprint density at radius 3 is 2.54 bits per heavy atom. The summed E-state index contributed by atoms with van der Waals surface area (Å²) in [5.74, 6) is 0.175. The SMILES string of the molecule is CC(=O)Cc1c(C)ccc(Cl)c1C. The van der Waals surface area contributed by atoms with Gasteiger partial charge in [0.1, 0.15) is 5.78 Å². The lowest BCUT2D eigenvalue weighted by molar-refractivity contribution is -0.116. The summed E-state index contributed by atoms with van der Waals surface area (Å²) >= 11 is 5.96. The Morgan fingerprint density at radius 2 is 2.00 bits per heavy atom. The lowest BCUT2D eigenvalue weighted by atomic mass is 9.98. The fraction of sp³-hybridized carbons (Fsp3) is 0.364. The van der Waals surface area contributed by atoms with E-state index in [0.29, 0.717) is 6.42 Å². The first-order valence-corrected chi connectivity index (χ1v) is 4.64. The van der Waals surface area contributed by atoms with Gasteiger partial charge in [0.2, 0.25) is 0 Å². The summed E-state index contributed by atoms with van der Waals surface area (Å²) < 4.78 is 0. The molecule has 1 aromatic rings. The van der Waals surface area contributed by atoms with Gasteiger partial charge in [-0.15, -0.1) is 0 Å². The number of carbonyl (C=O) groups is 1. The van der Waals surface area contributed by atoms with Gasteiger partial charge >= 0.3 is 0 Å². The van der Waals surface area contributed by atoms with Crippen molar-refractivity contribution in [1.29, 1.82) is 0 Å². The number of rotatable bonds is 2. The fourth-order valence-corrected chi connectivity index (χ4v) is 1.56. The summed E-state index contributed by atoms with van der Waals surface area (Å²) in [4.78, 5) is 11.0. The first-order chi connectivity index (χ1) is 6.02. The average molecular weight is 197 g/mol. The van der Waals surface area contributed by atoms with Crippen molar-refractivity contribution in [2.24, 2.45) is 0 Å². The Bertz CT molecular complexity index is 342. The number of ketones is 1. The number of carbonyl (C=O) groups excluding carboxylic acids is 1. The van der Waals surface area contributed by atoms with Gasteiger partial charge in [0.25, 0.3) is 0 Å². The molecule has 0 atom stereocenters. The number of halogens is 1. The van der Waals surface area contributed by atoms with Crippen molar-refractivity contribution >= 4 is 17.4 Å². The van der Waals surface area contributed by atoms with E-state index in [2.05, 4.69) is 0 Å². The van der Waals surface area contributed by atoms with Crippen LogP contribution in [0.4, 0.5) is 0 Å². The van der Waals surface area contributed by atoms with Crippen molar-refractivity contribution in [3.63, 3.8) is 0 Å². The van der Waals surface area contributed by atoms with Crippen LogP contribution < -0.4 is 0 Å². The Hall–Kier alpha value is -0.820. The molecule has 0 fully saturated rings. The van der Waals surface area contributed by atoms with E-state index in [4.69, 9.17) is 11.6 Å². The molecule has 0 saturated carbocycles. The molecule has 0 unspecified atom stereocenters. The quantitative estimate of drug-likeness (QED) is 0.711. The summed E-state index contributed by atoms with van der Waals surface area (Å²) in [6, 6.07) is 3.82. The molecule has 0 saturated heterocycles. The lowest BCUT2D eigenvalue weighted by Gasteiger charge is -2.09. The van der Waals surface area contributed by atoms with Gasteiger partial charge in [-0.25, -0.2) is 0 Å². The fourth-order valence-electron chi connectivity index (χ4n) is 1.38. The van der Waals surface area contributed by atoms with E-state index < -0.39 is 0 Å². The maximum absolute atomic E-state index is 11.0. The molecule has 0 aliphatic heterocycles. The van der Waals surface area contributed by atoms with Crippen LogP contribution in [-0.4, -0.2) is 5.78 Å². The molecule has 0 aliphatic rings. The number of hydrogen-bond acceptors (Lipinski definition) is 1. The zero-order chi connectivity index (χ0) is 10.0. The van der Waals surface area contributed by atoms with Crippen molar-refractivity contribution in [1.82, 2.24) is 0 Å². The highest BCUT2D eigenvalue weighted by Gasteiger charge is 2.07. The Labute approximate surface area is 83.7 Å². The smallest absolute Gasteiger partial charge is 0.134 e. The number of hydrogen-bond donors (Lipinski definition) is 0. The summed E-state index contributed by atoms with van der Waals surface area (Å²) in [5, 5.41) is 0.738. The Morgan fingerprint density at radius 1 is 1.38 bits per heavy atom. The van der Waals surface area contributed by atoms with Gasteiger partial charge in [-0.05, 0) is 43.5 Å². The second kappa shape index (κ2) is 3.93. The predicted octanol–water partition coefficient (Wildman–Crippen LogP) is 3.09. The van der Waals surface area contributed by atoms with E-state index in [1.807, 2.05) is 26.0 Å². The minimum Gasteiger partial charge on any atom is -0.300 e. The van der Waals surface area contributed by atoms with E-state index in [0.717, 1.165) is 21.7 Å². The molecule has 0 bridgehead atoms. The van der Waals surface area contributed by atoms with Crippen LogP contribution in [0.2, 0.25) is 5.02 Å². The average Bonchev–Trinajstić information content (AvgIpc) is 2.05. The molecular weight excluding hydrogens is 184 g/mol. The van der Waals surface area contributed by atoms with Gasteiger partial charge in [0.15, 0.2) is 0 Å². The van der Waals surface area contributed by atoms with Gasteiger partial charge in [0, 0.05) is 11.4 Å². The minimum atomic E-state index is 0.175. The lowest BCUT2D eigenvalue weighted by Crippen LogP contribution is -2.01. The van der Waals surface area contributed by atoms with E-state index in [1.165, 1.54) is 0 Å². The number of Topliss-reactive ketones (excluding diaryl/α,β-unsaturated/α-hetero) is 1. The summed E-state index contributed by atoms with van der Waals surface area (Å²) in [7, 11) is 0. The highest BCUT2D eigenvalue weighted by molar-refractivity contribution is 6.31. The van der Waals surface area contributed by atoms with Crippen LogP contribution in [0.1, 0.15) is 23.6 Å². The molecule has 1 aromatic carbocycles. The summed E-state index contributed by atoms with van der Waals surface area (Å²) in [5.41, 5.74) is 3.23. The zero-order valence-corrected chi connectivity index (χ0v) is 8.90. The molecule has 0 spiro atoms. The van der Waals surface area contributed by atoms with Crippen molar-refractivity contribution in [3.05, 3.63) is 33.8 Å².